The molecule has 0 spiro atoms. The minimum atomic E-state index is -3.76. The molecule has 22 heavy (non-hydrogen) atoms. The standard InChI is InChI=1S/C16H16ClNO3S/c17-12-16(19)15(11-13-7-3-1-4-8-13)18-22(20,21)14-9-5-2-6-10-14/h1-10,15,18H,11-12H2. The van der Waals surface area contributed by atoms with Gasteiger partial charge in [0.1, 0.15) is 0 Å². The number of nitrogens with one attached hydrogen (secondary N) is 1. The van der Waals surface area contributed by atoms with Crippen LogP contribution in [0.15, 0.2) is 65.6 Å². The Bertz CT molecular complexity index is 718. The summed E-state index contributed by atoms with van der Waals surface area (Å²) in [7, 11) is -3.76. The lowest BCUT2D eigenvalue weighted by atomic mass is 10.0. The quantitative estimate of drug-likeness (QED) is 0.789. The Hall–Kier alpha value is -1.69. The number of rotatable bonds is 7. The SMILES string of the molecule is O=C(CCl)C(Cc1ccccc1)NS(=O)(=O)c1ccccc1. The van der Waals surface area contributed by atoms with Gasteiger partial charge in [0.05, 0.1) is 16.8 Å². The molecule has 2 aromatic carbocycles. The molecule has 0 aliphatic carbocycles. The van der Waals surface area contributed by atoms with Gasteiger partial charge in [0.15, 0.2) is 5.78 Å². The van der Waals surface area contributed by atoms with Gasteiger partial charge < -0.3 is 0 Å². The van der Waals surface area contributed by atoms with Crippen LogP contribution in [-0.2, 0) is 21.2 Å². The van der Waals surface area contributed by atoms with Crippen molar-refractivity contribution < 1.29 is 13.2 Å². The third-order valence-electron chi connectivity index (χ3n) is 3.15. The molecule has 0 fully saturated rings. The molecule has 4 nitrogen and oxygen atoms in total. The average Bonchev–Trinajstić information content (AvgIpc) is 2.55. The number of sulfonamides is 1. The van der Waals surface area contributed by atoms with Crippen molar-refractivity contribution in [3.8, 4) is 0 Å². The zero-order chi connectivity index (χ0) is 16.0. The number of halogens is 1. The van der Waals surface area contributed by atoms with Gasteiger partial charge in [-0.05, 0) is 24.1 Å². The number of benzene rings is 2. The third kappa shape index (κ3) is 4.40. The number of Topliss-reactive ketones (excluding diaryl/α,β-unsaturated/α-hetero) is 1. The highest BCUT2D eigenvalue weighted by Crippen LogP contribution is 2.11. The largest absolute Gasteiger partial charge is 0.297 e. The van der Waals surface area contributed by atoms with Crippen molar-refractivity contribution in [1.82, 2.24) is 4.72 Å². The first-order valence-corrected chi connectivity index (χ1v) is 8.74. The summed E-state index contributed by atoms with van der Waals surface area (Å²) in [5, 5.41) is 0. The van der Waals surface area contributed by atoms with Crippen LogP contribution in [0.5, 0.6) is 0 Å². The summed E-state index contributed by atoms with van der Waals surface area (Å²) < 4.78 is 27.1. The summed E-state index contributed by atoms with van der Waals surface area (Å²) >= 11 is 5.60. The minimum absolute atomic E-state index is 0.121. The molecule has 0 saturated heterocycles. The molecule has 0 aromatic heterocycles. The molecule has 0 radical (unpaired) electrons. The Morgan fingerprint density at radius 3 is 2.09 bits per heavy atom. The van der Waals surface area contributed by atoms with E-state index in [9.17, 15) is 13.2 Å². The van der Waals surface area contributed by atoms with Crippen molar-refractivity contribution in [2.75, 3.05) is 5.88 Å². The molecule has 0 aliphatic heterocycles. The van der Waals surface area contributed by atoms with Crippen molar-refractivity contribution in [2.45, 2.75) is 17.4 Å². The highest BCUT2D eigenvalue weighted by Gasteiger charge is 2.25. The molecule has 0 amide bonds. The molecule has 2 aromatic rings. The first-order valence-electron chi connectivity index (χ1n) is 6.73. The summed E-state index contributed by atoms with van der Waals surface area (Å²) in [6, 6.07) is 16.3. The number of carbonyl (C=O) groups is 1. The van der Waals surface area contributed by atoms with Gasteiger partial charge >= 0.3 is 0 Å². The fourth-order valence-corrected chi connectivity index (χ4v) is 3.45. The van der Waals surface area contributed by atoms with Gasteiger partial charge in [-0.1, -0.05) is 48.5 Å². The smallest absolute Gasteiger partial charge is 0.241 e. The number of hydrogen-bond donors (Lipinski definition) is 1. The predicted molar refractivity (Wildman–Crippen MR) is 86.4 cm³/mol. The summed E-state index contributed by atoms with van der Waals surface area (Å²) in [5.41, 5.74) is 0.863. The van der Waals surface area contributed by atoms with E-state index in [2.05, 4.69) is 4.72 Å². The van der Waals surface area contributed by atoms with Crippen LogP contribution in [0.1, 0.15) is 5.56 Å². The van der Waals surface area contributed by atoms with E-state index in [1.165, 1.54) is 12.1 Å². The molecule has 1 N–H and O–H groups in total. The third-order valence-corrected chi connectivity index (χ3v) is 4.90. The van der Waals surface area contributed by atoms with Crippen LogP contribution in [0.25, 0.3) is 0 Å². The molecule has 1 atom stereocenters. The van der Waals surface area contributed by atoms with Crippen LogP contribution in [0, 0.1) is 0 Å². The van der Waals surface area contributed by atoms with Crippen LogP contribution in [0.2, 0.25) is 0 Å². The van der Waals surface area contributed by atoms with Gasteiger partial charge in [-0.25, -0.2) is 13.1 Å². The van der Waals surface area contributed by atoms with Crippen LogP contribution < -0.4 is 4.72 Å². The lowest BCUT2D eigenvalue weighted by Gasteiger charge is -2.17. The lowest BCUT2D eigenvalue weighted by molar-refractivity contribution is -0.118. The maximum atomic E-state index is 12.3. The molecule has 0 saturated carbocycles. The number of carbonyl (C=O) groups excluding carboxylic acids is 1. The summed E-state index contributed by atoms with van der Waals surface area (Å²) in [6.45, 7) is 0. The van der Waals surface area contributed by atoms with Gasteiger partial charge in [-0.3, -0.25) is 4.79 Å². The fraction of sp³-hybridized carbons (Fsp3) is 0.188. The summed E-state index contributed by atoms with van der Waals surface area (Å²) in [4.78, 5) is 12.1. The van der Waals surface area contributed by atoms with Gasteiger partial charge in [-0.2, -0.15) is 0 Å². The topological polar surface area (TPSA) is 63.2 Å². The molecular weight excluding hydrogens is 322 g/mol. The number of hydrogen-bond acceptors (Lipinski definition) is 3. The zero-order valence-corrected chi connectivity index (χ0v) is 13.3. The van der Waals surface area contributed by atoms with Crippen molar-refractivity contribution in [3.63, 3.8) is 0 Å². The Morgan fingerprint density at radius 1 is 1.00 bits per heavy atom. The van der Waals surface area contributed by atoms with E-state index in [0.29, 0.717) is 0 Å². The number of alkyl halides is 1. The molecule has 0 heterocycles. The van der Waals surface area contributed by atoms with Crippen molar-refractivity contribution >= 4 is 27.4 Å². The second-order valence-electron chi connectivity index (χ2n) is 4.78. The predicted octanol–water partition coefficient (Wildman–Crippen LogP) is 2.38. The second-order valence-corrected chi connectivity index (χ2v) is 6.76. The maximum absolute atomic E-state index is 12.3. The molecule has 0 aliphatic rings. The Labute approximate surface area is 135 Å². The normalized spacial score (nSPS) is 12.8. The van der Waals surface area contributed by atoms with Gasteiger partial charge in [-0.15, -0.1) is 11.6 Å². The molecule has 6 heteroatoms. The Kier molecular flexibility index (Phi) is 5.71. The first kappa shape index (κ1) is 16.7. The van der Waals surface area contributed by atoms with E-state index in [0.717, 1.165) is 5.56 Å². The molecule has 0 bridgehead atoms. The van der Waals surface area contributed by atoms with E-state index in [1.807, 2.05) is 30.3 Å². The van der Waals surface area contributed by atoms with Crippen molar-refractivity contribution in [3.05, 3.63) is 66.2 Å². The van der Waals surface area contributed by atoms with Gasteiger partial charge in [0.2, 0.25) is 10.0 Å². The van der Waals surface area contributed by atoms with Crippen molar-refractivity contribution in [1.29, 1.82) is 0 Å². The zero-order valence-electron chi connectivity index (χ0n) is 11.8. The Balaban J connectivity index is 2.22. The second kappa shape index (κ2) is 7.54. The molecular formula is C16H16ClNO3S. The summed E-state index contributed by atoms with van der Waals surface area (Å²) in [5.74, 6) is -0.598. The first-order chi connectivity index (χ1) is 10.5. The fourth-order valence-electron chi connectivity index (χ4n) is 2.02. The molecule has 116 valence electrons. The highest BCUT2D eigenvalue weighted by molar-refractivity contribution is 7.89. The molecule has 1 unspecified atom stereocenters. The van der Waals surface area contributed by atoms with E-state index >= 15 is 0 Å². The van der Waals surface area contributed by atoms with E-state index in [1.54, 1.807) is 18.2 Å². The van der Waals surface area contributed by atoms with Crippen LogP contribution in [-0.4, -0.2) is 26.1 Å². The van der Waals surface area contributed by atoms with Crippen LogP contribution in [0.4, 0.5) is 0 Å². The Morgan fingerprint density at radius 2 is 1.55 bits per heavy atom. The van der Waals surface area contributed by atoms with Crippen LogP contribution >= 0.6 is 11.6 Å². The minimum Gasteiger partial charge on any atom is -0.297 e. The van der Waals surface area contributed by atoms with Gasteiger partial charge in [0, 0.05) is 0 Å². The average molecular weight is 338 g/mol. The van der Waals surface area contributed by atoms with Crippen LogP contribution in [0.3, 0.4) is 0 Å². The number of ketones is 1. The van der Waals surface area contributed by atoms with Crippen molar-refractivity contribution in [2.24, 2.45) is 0 Å². The van der Waals surface area contributed by atoms with E-state index in [-0.39, 0.29) is 23.0 Å². The van der Waals surface area contributed by atoms with E-state index < -0.39 is 16.1 Å². The molecule has 2 rings (SSSR count). The lowest BCUT2D eigenvalue weighted by Crippen LogP contribution is -2.42. The van der Waals surface area contributed by atoms with E-state index in [4.69, 9.17) is 11.6 Å². The summed E-state index contributed by atoms with van der Waals surface area (Å²) in [6.07, 6.45) is 0.262. The maximum Gasteiger partial charge on any atom is 0.241 e. The van der Waals surface area contributed by atoms with Gasteiger partial charge in [0.25, 0.3) is 0 Å². The highest BCUT2D eigenvalue weighted by atomic mass is 35.5. The monoisotopic (exact) mass is 337 g/mol.